The van der Waals surface area contributed by atoms with Gasteiger partial charge in [0.15, 0.2) is 0 Å². The van der Waals surface area contributed by atoms with E-state index in [0.29, 0.717) is 23.6 Å². The second kappa shape index (κ2) is 7.89. The smallest absolute Gasteiger partial charge is 0.340 e. The summed E-state index contributed by atoms with van der Waals surface area (Å²) in [6, 6.07) is 5.35. The lowest BCUT2D eigenvalue weighted by molar-refractivity contribution is 0.0527. The van der Waals surface area contributed by atoms with Gasteiger partial charge >= 0.3 is 5.97 Å². The van der Waals surface area contributed by atoms with E-state index in [1.165, 1.54) is 0 Å². The van der Waals surface area contributed by atoms with Crippen molar-refractivity contribution in [2.24, 2.45) is 0 Å². The van der Waals surface area contributed by atoms with E-state index in [4.69, 9.17) is 10.5 Å². The maximum absolute atomic E-state index is 11.7. The molecule has 112 valence electrons. The number of nitrogen functional groups attached to an aromatic ring is 1. The summed E-state index contributed by atoms with van der Waals surface area (Å²) >= 11 is 0. The Labute approximate surface area is 122 Å². The molecule has 1 rings (SSSR count). The summed E-state index contributed by atoms with van der Waals surface area (Å²) in [5, 5.41) is 3.26. The first kappa shape index (κ1) is 16.5. The van der Waals surface area contributed by atoms with Gasteiger partial charge in [0.1, 0.15) is 0 Å². The first-order valence-electron chi connectivity index (χ1n) is 6.57. The minimum Gasteiger partial charge on any atom is -0.462 e. The third kappa shape index (κ3) is 5.21. The molecule has 20 heavy (non-hydrogen) atoms. The summed E-state index contributed by atoms with van der Waals surface area (Å²) < 4.78 is 16.0. The molecule has 0 fully saturated rings. The minimum atomic E-state index is -0.796. The van der Waals surface area contributed by atoms with E-state index in [2.05, 4.69) is 5.32 Å². The number of nitrogens with two attached hydrogens (primary N) is 1. The number of nitrogens with one attached hydrogen (secondary N) is 1. The maximum Gasteiger partial charge on any atom is 0.340 e. The van der Waals surface area contributed by atoms with Crippen LogP contribution in [0, 0.1) is 0 Å². The first-order chi connectivity index (χ1) is 9.43. The number of ether oxygens (including phenoxy) is 1. The lowest BCUT2D eigenvalue weighted by Crippen LogP contribution is -2.18. The average Bonchev–Trinajstić information content (AvgIpc) is 2.39. The zero-order valence-electron chi connectivity index (χ0n) is 12.1. The molecule has 5 nitrogen and oxygen atoms in total. The summed E-state index contributed by atoms with van der Waals surface area (Å²) in [6.45, 7) is 4.07. The number of esters is 1. The molecule has 0 bridgehead atoms. The van der Waals surface area contributed by atoms with Crippen molar-refractivity contribution in [2.45, 2.75) is 26.3 Å². The molecule has 0 amide bonds. The maximum atomic E-state index is 11.7. The minimum absolute atomic E-state index is 0.164. The molecule has 1 aromatic rings. The van der Waals surface area contributed by atoms with Gasteiger partial charge in [-0.2, -0.15) is 0 Å². The van der Waals surface area contributed by atoms with E-state index in [9.17, 15) is 9.00 Å². The zero-order valence-corrected chi connectivity index (χ0v) is 13.0. The molecule has 0 heterocycles. The van der Waals surface area contributed by atoms with Crippen LogP contribution < -0.4 is 11.1 Å². The predicted molar refractivity (Wildman–Crippen MR) is 83.4 cm³/mol. The molecule has 6 heteroatoms. The number of hydrogen-bond donors (Lipinski definition) is 2. The third-order valence-corrected chi connectivity index (χ3v) is 3.61. The fraction of sp³-hybridized carbons (Fsp3) is 0.500. The van der Waals surface area contributed by atoms with Gasteiger partial charge in [0.25, 0.3) is 0 Å². The second-order valence-corrected chi connectivity index (χ2v) is 6.19. The van der Waals surface area contributed by atoms with Gasteiger partial charge in [0, 0.05) is 40.2 Å². The summed E-state index contributed by atoms with van der Waals surface area (Å²) in [5.41, 5.74) is 7.35. The molecule has 0 aromatic heterocycles. The van der Waals surface area contributed by atoms with Crippen LogP contribution in [0.3, 0.4) is 0 Å². The average molecular weight is 298 g/mol. The summed E-state index contributed by atoms with van der Waals surface area (Å²) in [4.78, 5) is 11.7. The van der Waals surface area contributed by atoms with Crippen LogP contribution in [0.25, 0.3) is 0 Å². The highest BCUT2D eigenvalue weighted by Crippen LogP contribution is 2.20. The molecule has 1 aromatic carbocycles. The van der Waals surface area contributed by atoms with E-state index in [0.717, 1.165) is 12.1 Å². The molecule has 0 spiro atoms. The molecule has 2 atom stereocenters. The Bertz CT molecular complexity index is 491. The van der Waals surface area contributed by atoms with E-state index >= 15 is 0 Å². The molecular weight excluding hydrogens is 276 g/mol. The van der Waals surface area contributed by atoms with Crippen molar-refractivity contribution >= 4 is 28.1 Å². The Kier molecular flexibility index (Phi) is 6.51. The lowest BCUT2D eigenvalue weighted by Gasteiger charge is -2.16. The van der Waals surface area contributed by atoms with Crippen LogP contribution in [-0.4, -0.2) is 34.8 Å². The van der Waals surface area contributed by atoms with Gasteiger partial charge < -0.3 is 15.8 Å². The Morgan fingerprint density at radius 1 is 1.50 bits per heavy atom. The van der Waals surface area contributed by atoms with Crippen molar-refractivity contribution in [2.75, 3.05) is 29.7 Å². The van der Waals surface area contributed by atoms with Gasteiger partial charge in [-0.15, -0.1) is 0 Å². The molecule has 0 saturated carbocycles. The number of hydrogen-bond acceptors (Lipinski definition) is 5. The monoisotopic (exact) mass is 298 g/mol. The Balaban J connectivity index is 2.74. The zero-order chi connectivity index (χ0) is 15.1. The molecule has 0 aliphatic carbocycles. The molecule has 0 saturated heterocycles. The normalized spacial score (nSPS) is 13.6. The van der Waals surface area contributed by atoms with Crippen molar-refractivity contribution in [3.8, 4) is 0 Å². The molecule has 3 N–H and O–H groups in total. The topological polar surface area (TPSA) is 81.4 Å². The SMILES string of the molecule is CCOC(=O)c1cc(NC(C)CCS(C)=O)ccc1N. The summed E-state index contributed by atoms with van der Waals surface area (Å²) in [7, 11) is -0.796. The van der Waals surface area contributed by atoms with Crippen molar-refractivity contribution in [1.82, 2.24) is 0 Å². The number of carbonyl (C=O) groups is 1. The van der Waals surface area contributed by atoms with Gasteiger partial charge in [-0.05, 0) is 38.5 Å². The first-order valence-corrected chi connectivity index (χ1v) is 8.30. The molecule has 2 unspecified atom stereocenters. The number of rotatable bonds is 7. The van der Waals surface area contributed by atoms with Gasteiger partial charge in [-0.25, -0.2) is 4.79 Å². The highest BCUT2D eigenvalue weighted by Gasteiger charge is 2.12. The van der Waals surface area contributed by atoms with E-state index in [1.54, 1.807) is 25.3 Å². The standard InChI is InChI=1S/C14H22N2O3S/c1-4-19-14(17)12-9-11(5-6-13(12)15)16-10(2)7-8-20(3)18/h5-6,9-10,16H,4,7-8,15H2,1-3H3. The van der Waals surface area contributed by atoms with Crippen LogP contribution in [0.15, 0.2) is 18.2 Å². The fourth-order valence-corrected chi connectivity index (χ4v) is 2.42. The van der Waals surface area contributed by atoms with Crippen molar-refractivity contribution in [3.05, 3.63) is 23.8 Å². The Hall–Kier alpha value is -1.56. The molecule has 0 aliphatic rings. The van der Waals surface area contributed by atoms with E-state index in [1.807, 2.05) is 13.0 Å². The van der Waals surface area contributed by atoms with Crippen LogP contribution in [0.1, 0.15) is 30.6 Å². The van der Waals surface area contributed by atoms with Crippen molar-refractivity contribution < 1.29 is 13.7 Å². The van der Waals surface area contributed by atoms with Crippen LogP contribution in [-0.2, 0) is 15.5 Å². The highest BCUT2D eigenvalue weighted by atomic mass is 32.2. The lowest BCUT2D eigenvalue weighted by atomic mass is 10.1. The number of carbonyl (C=O) groups excluding carboxylic acids is 1. The molecule has 0 radical (unpaired) electrons. The predicted octanol–water partition coefficient (Wildman–Crippen LogP) is 2.01. The van der Waals surface area contributed by atoms with Gasteiger partial charge in [-0.3, -0.25) is 4.21 Å². The van der Waals surface area contributed by atoms with Gasteiger partial charge in [-0.1, -0.05) is 0 Å². The summed E-state index contributed by atoms with van der Waals surface area (Å²) in [5.74, 6) is 0.226. The fourth-order valence-electron chi connectivity index (χ4n) is 1.73. The second-order valence-electron chi connectivity index (χ2n) is 4.63. The Morgan fingerprint density at radius 2 is 2.20 bits per heavy atom. The van der Waals surface area contributed by atoms with Crippen molar-refractivity contribution in [1.29, 1.82) is 0 Å². The van der Waals surface area contributed by atoms with Crippen molar-refractivity contribution in [3.63, 3.8) is 0 Å². The Morgan fingerprint density at radius 3 is 2.80 bits per heavy atom. The van der Waals surface area contributed by atoms with Crippen LogP contribution in [0.4, 0.5) is 11.4 Å². The largest absolute Gasteiger partial charge is 0.462 e. The molecular formula is C14H22N2O3S. The molecule has 0 aliphatic heterocycles. The van der Waals surface area contributed by atoms with Crippen LogP contribution in [0.2, 0.25) is 0 Å². The van der Waals surface area contributed by atoms with Gasteiger partial charge in [0.2, 0.25) is 0 Å². The quantitative estimate of drug-likeness (QED) is 0.594. The third-order valence-electron chi connectivity index (χ3n) is 2.80. The number of anilines is 2. The van der Waals surface area contributed by atoms with Gasteiger partial charge in [0.05, 0.1) is 12.2 Å². The van der Waals surface area contributed by atoms with Crippen LogP contribution >= 0.6 is 0 Å². The van der Waals surface area contributed by atoms with E-state index < -0.39 is 16.8 Å². The number of benzene rings is 1. The van der Waals surface area contributed by atoms with E-state index in [-0.39, 0.29) is 6.04 Å². The highest BCUT2D eigenvalue weighted by molar-refractivity contribution is 7.84. The summed E-state index contributed by atoms with van der Waals surface area (Å²) in [6.07, 6.45) is 2.48. The van der Waals surface area contributed by atoms with Crippen LogP contribution in [0.5, 0.6) is 0 Å².